The summed E-state index contributed by atoms with van der Waals surface area (Å²) in [7, 11) is 0. The fraction of sp³-hybridized carbons (Fsp3) is 0.500. The van der Waals surface area contributed by atoms with Crippen LogP contribution in [0.4, 0.5) is 26.3 Å². The van der Waals surface area contributed by atoms with E-state index in [9.17, 15) is 26.3 Å². The molecule has 101 valence electrons. The average molecular weight is 305 g/mol. The Morgan fingerprint density at radius 3 is 0.812 bits per heavy atom. The van der Waals surface area contributed by atoms with Crippen molar-refractivity contribution in [2.75, 3.05) is 0 Å². The third-order valence-electron chi connectivity index (χ3n) is 0.485. The van der Waals surface area contributed by atoms with Gasteiger partial charge < -0.3 is 15.7 Å². The molecule has 0 aromatic heterocycles. The maximum atomic E-state index is 10.6. The molecule has 0 rings (SSSR count). The number of carboxylic acids is 2. The molecule has 4 N–H and O–H groups in total. The molecule has 1 radical (unpaired) electrons. The standard InChI is InChI=1S/2C2HF3O2.Co.H2O/c2*3-2(4,5)1(6)7;;/h2*(H,6,7);;1H2. The quantitative estimate of drug-likeness (QED) is 0.633. The van der Waals surface area contributed by atoms with Gasteiger partial charge in [0.1, 0.15) is 0 Å². The van der Waals surface area contributed by atoms with Crippen molar-refractivity contribution in [2.24, 2.45) is 0 Å². The second-order valence-electron chi connectivity index (χ2n) is 1.61. The van der Waals surface area contributed by atoms with Crippen molar-refractivity contribution < 1.29 is 68.4 Å². The van der Waals surface area contributed by atoms with Gasteiger partial charge in [0.05, 0.1) is 0 Å². The molecule has 0 saturated carbocycles. The number of hydrogen-bond donors (Lipinski definition) is 2. The van der Waals surface area contributed by atoms with Gasteiger partial charge in [-0.3, -0.25) is 0 Å². The zero-order valence-corrected chi connectivity index (χ0v) is 7.85. The summed E-state index contributed by atoms with van der Waals surface area (Å²) in [4.78, 5) is 17.8. The van der Waals surface area contributed by atoms with Gasteiger partial charge in [-0.15, -0.1) is 0 Å². The van der Waals surface area contributed by atoms with Gasteiger partial charge in [0.25, 0.3) is 0 Å². The molecule has 0 aliphatic rings. The molecule has 0 aliphatic heterocycles. The minimum absolute atomic E-state index is 0. The third kappa shape index (κ3) is 15.5. The normalized spacial score (nSPS) is 9.88. The first-order chi connectivity index (χ1) is 5.89. The van der Waals surface area contributed by atoms with E-state index in [1.165, 1.54) is 0 Å². The summed E-state index contributed by atoms with van der Waals surface area (Å²) in [5, 5.41) is 14.2. The summed E-state index contributed by atoms with van der Waals surface area (Å²) >= 11 is 0. The Kier molecular flexibility index (Phi) is 12.4. The first-order valence-corrected chi connectivity index (χ1v) is 2.49. The molecule has 12 heteroatoms. The number of aliphatic carboxylic acids is 2. The van der Waals surface area contributed by atoms with E-state index >= 15 is 0 Å². The topological polar surface area (TPSA) is 106 Å². The second-order valence-corrected chi connectivity index (χ2v) is 1.61. The molecular formula is C4H4CoF6O5. The van der Waals surface area contributed by atoms with Gasteiger partial charge in [-0.1, -0.05) is 0 Å². The first kappa shape index (κ1) is 24.3. The van der Waals surface area contributed by atoms with Crippen LogP contribution in [0.5, 0.6) is 0 Å². The molecule has 0 unspecified atom stereocenters. The Morgan fingerprint density at radius 2 is 0.812 bits per heavy atom. The van der Waals surface area contributed by atoms with Crippen molar-refractivity contribution in [2.45, 2.75) is 12.4 Å². The van der Waals surface area contributed by atoms with Crippen LogP contribution < -0.4 is 0 Å². The SMILES string of the molecule is O.O=C(O)C(F)(F)F.O=C(O)C(F)(F)F.[Co]. The van der Waals surface area contributed by atoms with Crippen LogP contribution in [-0.2, 0) is 26.4 Å². The van der Waals surface area contributed by atoms with Gasteiger partial charge in [0.2, 0.25) is 0 Å². The van der Waals surface area contributed by atoms with Crippen molar-refractivity contribution in [3.63, 3.8) is 0 Å². The molecule has 0 heterocycles. The maximum absolute atomic E-state index is 10.6. The smallest absolute Gasteiger partial charge is 0.475 e. The molecular weight excluding hydrogens is 301 g/mol. The van der Waals surface area contributed by atoms with Crippen LogP contribution >= 0.6 is 0 Å². The number of carboxylic acid groups (broad SMARTS) is 2. The zero-order chi connectivity index (χ0) is 12.2. The van der Waals surface area contributed by atoms with Crippen LogP contribution in [0.25, 0.3) is 0 Å². The summed E-state index contributed by atoms with van der Waals surface area (Å²) in [5.74, 6) is -5.51. The Bertz CT molecular complexity index is 198. The van der Waals surface area contributed by atoms with E-state index in [4.69, 9.17) is 19.8 Å². The molecule has 0 bridgehead atoms. The number of halogens is 6. The van der Waals surface area contributed by atoms with E-state index in [1.807, 2.05) is 0 Å². The fourth-order valence-electron chi connectivity index (χ4n) is 0. The zero-order valence-electron chi connectivity index (χ0n) is 6.81. The van der Waals surface area contributed by atoms with Gasteiger partial charge in [0, 0.05) is 16.8 Å². The van der Waals surface area contributed by atoms with E-state index in [0.29, 0.717) is 0 Å². The van der Waals surface area contributed by atoms with E-state index in [-0.39, 0.29) is 22.3 Å². The van der Waals surface area contributed by atoms with Crippen LogP contribution in [0.1, 0.15) is 0 Å². The van der Waals surface area contributed by atoms with Crippen LogP contribution in [0.3, 0.4) is 0 Å². The molecule has 0 spiro atoms. The predicted molar refractivity (Wildman–Crippen MR) is 31.0 cm³/mol. The largest absolute Gasteiger partial charge is 0.490 e. The van der Waals surface area contributed by atoms with E-state index < -0.39 is 24.3 Å². The van der Waals surface area contributed by atoms with Crippen molar-refractivity contribution in [1.29, 1.82) is 0 Å². The van der Waals surface area contributed by atoms with Gasteiger partial charge in [-0.2, -0.15) is 26.3 Å². The van der Waals surface area contributed by atoms with Crippen LogP contribution in [-0.4, -0.2) is 40.0 Å². The van der Waals surface area contributed by atoms with Gasteiger partial charge >= 0.3 is 24.3 Å². The molecule has 0 saturated heterocycles. The molecule has 0 fully saturated rings. The Labute approximate surface area is 93.5 Å². The van der Waals surface area contributed by atoms with Crippen LogP contribution in [0, 0.1) is 0 Å². The van der Waals surface area contributed by atoms with Crippen LogP contribution in [0.2, 0.25) is 0 Å². The molecule has 0 amide bonds. The minimum Gasteiger partial charge on any atom is -0.475 e. The molecule has 16 heavy (non-hydrogen) atoms. The fourth-order valence-corrected chi connectivity index (χ4v) is 0. The van der Waals surface area contributed by atoms with Crippen molar-refractivity contribution >= 4 is 11.9 Å². The summed E-state index contributed by atoms with van der Waals surface area (Å²) in [6.07, 6.45) is -10.2. The second kappa shape index (κ2) is 8.17. The van der Waals surface area contributed by atoms with Gasteiger partial charge in [-0.05, 0) is 0 Å². The Balaban J connectivity index is -0.0000000800. The van der Waals surface area contributed by atoms with Gasteiger partial charge in [0.15, 0.2) is 0 Å². The third-order valence-corrected chi connectivity index (χ3v) is 0.485. The van der Waals surface area contributed by atoms with E-state index in [2.05, 4.69) is 0 Å². The van der Waals surface area contributed by atoms with E-state index in [1.54, 1.807) is 0 Å². The predicted octanol–water partition coefficient (Wildman–Crippen LogP) is 0.439. The van der Waals surface area contributed by atoms with Crippen molar-refractivity contribution in [1.82, 2.24) is 0 Å². The number of hydrogen-bond acceptors (Lipinski definition) is 2. The molecule has 0 atom stereocenters. The van der Waals surface area contributed by atoms with Crippen molar-refractivity contribution in [3.05, 3.63) is 0 Å². The number of carbonyl (C=O) groups is 2. The summed E-state index contributed by atoms with van der Waals surface area (Å²) in [6.45, 7) is 0. The monoisotopic (exact) mass is 305 g/mol. The number of rotatable bonds is 0. The molecule has 5 nitrogen and oxygen atoms in total. The molecule has 0 aliphatic carbocycles. The van der Waals surface area contributed by atoms with E-state index in [0.717, 1.165) is 0 Å². The van der Waals surface area contributed by atoms with Crippen molar-refractivity contribution in [3.8, 4) is 0 Å². The average Bonchev–Trinajstić information content (AvgIpc) is 1.83. The maximum Gasteiger partial charge on any atom is 0.490 e. The first-order valence-electron chi connectivity index (χ1n) is 2.49. The van der Waals surface area contributed by atoms with Gasteiger partial charge in [-0.25, -0.2) is 9.59 Å². The summed E-state index contributed by atoms with van der Waals surface area (Å²) in [6, 6.07) is 0. The molecule has 0 aromatic carbocycles. The molecule has 0 aromatic rings. The summed E-state index contributed by atoms with van der Waals surface area (Å²) < 4.78 is 63.5. The van der Waals surface area contributed by atoms with Crippen LogP contribution in [0.15, 0.2) is 0 Å². The Morgan fingerprint density at radius 1 is 0.750 bits per heavy atom. The number of alkyl halides is 6. The minimum atomic E-state index is -5.08. The Hall–Kier alpha value is -1.01. The summed E-state index contributed by atoms with van der Waals surface area (Å²) in [5.41, 5.74) is 0.